The highest BCUT2D eigenvalue weighted by Gasteiger charge is 2.32. The molecule has 1 N–H and O–H groups in total. The molecule has 1 saturated heterocycles. The van der Waals surface area contributed by atoms with Crippen LogP contribution in [0.3, 0.4) is 0 Å². The summed E-state index contributed by atoms with van der Waals surface area (Å²) in [6.45, 7) is 0.473. The van der Waals surface area contributed by atoms with Crippen molar-refractivity contribution in [3.63, 3.8) is 0 Å². The minimum atomic E-state index is -0.657. The molecular formula is C32H36N2O8. The number of carbonyl (C=O) groups excluding carboxylic acids is 2. The number of amides is 2. The predicted molar refractivity (Wildman–Crippen MR) is 154 cm³/mol. The van der Waals surface area contributed by atoms with Gasteiger partial charge in [0.25, 0.3) is 5.91 Å². The van der Waals surface area contributed by atoms with Crippen molar-refractivity contribution in [2.75, 3.05) is 41.1 Å². The summed E-state index contributed by atoms with van der Waals surface area (Å²) in [6, 6.07) is 19.6. The molecule has 1 unspecified atom stereocenters. The lowest BCUT2D eigenvalue weighted by Crippen LogP contribution is -2.38. The maximum atomic E-state index is 13.7. The lowest BCUT2D eigenvalue weighted by atomic mass is 9.98. The van der Waals surface area contributed by atoms with Crippen LogP contribution < -0.4 is 19.5 Å². The molecule has 0 aromatic heterocycles. The minimum Gasteiger partial charge on any atom is -0.496 e. The Morgan fingerprint density at radius 2 is 1.60 bits per heavy atom. The standard InChI is InChI=1S/C32H36N2O8/c1-33-30(35)20-40-21-16-28(37-2)26(29(17-21)38-3)18-34(42-31-14-8-9-15-39-31)32(36)41-19-27-24-12-6-4-10-22(24)23-11-5-7-13-25(23)27/h4-7,10-13,16-17,27,31H,8-9,14-15,18-20H2,1-3H3,(H,33,35). The number of methoxy groups -OCH3 is 2. The first-order chi connectivity index (χ1) is 20.5. The molecule has 0 bridgehead atoms. The van der Waals surface area contributed by atoms with Crippen molar-refractivity contribution in [2.45, 2.75) is 38.0 Å². The zero-order valence-electron chi connectivity index (χ0n) is 24.1. The van der Waals surface area contributed by atoms with E-state index >= 15 is 0 Å². The van der Waals surface area contributed by atoms with Crippen LogP contribution >= 0.6 is 0 Å². The van der Waals surface area contributed by atoms with Crippen molar-refractivity contribution in [1.29, 1.82) is 0 Å². The number of hydrogen-bond donors (Lipinski definition) is 1. The summed E-state index contributed by atoms with van der Waals surface area (Å²) in [6.07, 6.45) is 1.26. The van der Waals surface area contributed by atoms with Crippen LogP contribution in [-0.4, -0.2) is 64.4 Å². The van der Waals surface area contributed by atoms with Crippen LogP contribution in [-0.2, 0) is 25.7 Å². The van der Waals surface area contributed by atoms with Crippen LogP contribution in [0.5, 0.6) is 17.2 Å². The highest BCUT2D eigenvalue weighted by molar-refractivity contribution is 5.79. The Morgan fingerprint density at radius 3 is 2.17 bits per heavy atom. The first-order valence-corrected chi connectivity index (χ1v) is 14.0. The number of benzene rings is 3. The van der Waals surface area contributed by atoms with Gasteiger partial charge in [-0.25, -0.2) is 9.63 Å². The van der Waals surface area contributed by atoms with E-state index in [4.69, 9.17) is 28.5 Å². The van der Waals surface area contributed by atoms with Gasteiger partial charge < -0.3 is 29.0 Å². The van der Waals surface area contributed by atoms with E-state index in [2.05, 4.69) is 29.6 Å². The maximum absolute atomic E-state index is 13.7. The minimum absolute atomic E-state index is 0.0430. The van der Waals surface area contributed by atoms with Crippen LogP contribution in [0.2, 0.25) is 0 Å². The molecule has 222 valence electrons. The predicted octanol–water partition coefficient (Wildman–Crippen LogP) is 5.04. The number of hydroxylamine groups is 2. The largest absolute Gasteiger partial charge is 0.496 e. The molecule has 5 rings (SSSR count). The van der Waals surface area contributed by atoms with Gasteiger partial charge in [0.1, 0.15) is 23.9 Å². The zero-order valence-corrected chi connectivity index (χ0v) is 24.1. The third-order valence-electron chi connectivity index (χ3n) is 7.45. The molecule has 0 spiro atoms. The number of fused-ring (bicyclic) bond motifs is 3. The number of rotatable bonds is 11. The van der Waals surface area contributed by atoms with Crippen molar-refractivity contribution < 1.29 is 38.1 Å². The molecule has 42 heavy (non-hydrogen) atoms. The summed E-state index contributed by atoms with van der Waals surface area (Å²) in [5.41, 5.74) is 5.06. The van der Waals surface area contributed by atoms with Crippen molar-refractivity contribution >= 4 is 12.0 Å². The topological polar surface area (TPSA) is 105 Å². The Bertz CT molecular complexity index is 1330. The quantitative estimate of drug-likeness (QED) is 0.317. The van der Waals surface area contributed by atoms with Gasteiger partial charge in [0.05, 0.1) is 26.3 Å². The summed E-state index contributed by atoms with van der Waals surface area (Å²) < 4.78 is 28.5. The molecule has 1 fully saturated rings. The lowest BCUT2D eigenvalue weighted by molar-refractivity contribution is -0.276. The Hall–Kier alpha value is -4.28. The summed E-state index contributed by atoms with van der Waals surface area (Å²) in [5, 5.41) is 3.67. The Balaban J connectivity index is 1.37. The fraction of sp³-hybridized carbons (Fsp3) is 0.375. The van der Waals surface area contributed by atoms with E-state index in [0.29, 0.717) is 35.8 Å². The SMILES string of the molecule is CNC(=O)COc1cc(OC)c(CN(OC2CCCCO2)C(=O)OCC2c3ccccc3-c3ccccc32)c(OC)c1. The molecule has 1 atom stereocenters. The second-order valence-electron chi connectivity index (χ2n) is 10.0. The van der Waals surface area contributed by atoms with Crippen LogP contribution in [0.1, 0.15) is 41.9 Å². The van der Waals surface area contributed by atoms with Crippen LogP contribution in [0, 0.1) is 0 Å². The summed E-state index contributed by atoms with van der Waals surface area (Å²) >= 11 is 0. The van der Waals surface area contributed by atoms with Gasteiger partial charge in [-0.3, -0.25) is 4.79 Å². The zero-order chi connectivity index (χ0) is 29.5. The molecule has 1 aliphatic carbocycles. The first-order valence-electron chi connectivity index (χ1n) is 14.0. The molecule has 1 heterocycles. The van der Waals surface area contributed by atoms with E-state index in [1.54, 1.807) is 12.1 Å². The molecule has 0 saturated carbocycles. The summed E-state index contributed by atoms with van der Waals surface area (Å²) in [5.74, 6) is 0.784. The Labute approximate surface area is 245 Å². The molecule has 10 nitrogen and oxygen atoms in total. The van der Waals surface area contributed by atoms with E-state index in [-0.39, 0.29) is 31.6 Å². The average Bonchev–Trinajstić information content (AvgIpc) is 3.36. The molecule has 10 heteroatoms. The summed E-state index contributed by atoms with van der Waals surface area (Å²) in [7, 11) is 4.54. The van der Waals surface area contributed by atoms with Crippen molar-refractivity contribution in [2.24, 2.45) is 0 Å². The first kappa shape index (κ1) is 29.2. The van der Waals surface area contributed by atoms with Gasteiger partial charge in [-0.15, -0.1) is 0 Å². The third kappa shape index (κ3) is 6.45. The third-order valence-corrected chi connectivity index (χ3v) is 7.45. The number of likely N-dealkylation sites (N-methyl/N-ethyl adjacent to an activating group) is 1. The fourth-order valence-electron chi connectivity index (χ4n) is 5.31. The fourth-order valence-corrected chi connectivity index (χ4v) is 5.31. The van der Waals surface area contributed by atoms with Gasteiger partial charge in [-0.05, 0) is 35.1 Å². The van der Waals surface area contributed by atoms with Gasteiger partial charge in [0.2, 0.25) is 0 Å². The highest BCUT2D eigenvalue weighted by Crippen LogP contribution is 2.44. The van der Waals surface area contributed by atoms with Crippen molar-refractivity contribution in [3.05, 3.63) is 77.4 Å². The molecule has 0 radical (unpaired) electrons. The van der Waals surface area contributed by atoms with Crippen LogP contribution in [0.25, 0.3) is 11.1 Å². The van der Waals surface area contributed by atoms with E-state index in [9.17, 15) is 9.59 Å². The smallest absolute Gasteiger partial charge is 0.434 e. The number of nitrogens with zero attached hydrogens (tertiary/aromatic N) is 1. The van der Waals surface area contributed by atoms with Gasteiger partial charge in [-0.1, -0.05) is 48.5 Å². The van der Waals surface area contributed by atoms with E-state index < -0.39 is 12.4 Å². The molecule has 3 aromatic carbocycles. The molecule has 2 aliphatic rings. The second kappa shape index (κ2) is 13.6. The number of nitrogens with one attached hydrogen (secondary N) is 1. The average molecular weight is 577 g/mol. The molecular weight excluding hydrogens is 540 g/mol. The van der Waals surface area contributed by atoms with E-state index in [0.717, 1.165) is 40.2 Å². The molecule has 1 aliphatic heterocycles. The number of ether oxygens (including phenoxy) is 5. The Morgan fingerprint density at radius 1 is 0.952 bits per heavy atom. The van der Waals surface area contributed by atoms with Gasteiger partial charge in [-0.2, -0.15) is 5.06 Å². The van der Waals surface area contributed by atoms with Gasteiger partial charge >= 0.3 is 6.09 Å². The van der Waals surface area contributed by atoms with Gasteiger partial charge in [0, 0.05) is 38.1 Å². The van der Waals surface area contributed by atoms with Crippen molar-refractivity contribution in [1.82, 2.24) is 10.4 Å². The second-order valence-corrected chi connectivity index (χ2v) is 10.0. The lowest BCUT2D eigenvalue weighted by Gasteiger charge is -2.30. The normalized spacial score (nSPS) is 15.7. The number of hydrogen-bond acceptors (Lipinski definition) is 8. The van der Waals surface area contributed by atoms with Crippen molar-refractivity contribution in [3.8, 4) is 28.4 Å². The maximum Gasteiger partial charge on any atom is 0.434 e. The molecule has 2 amide bonds. The monoisotopic (exact) mass is 576 g/mol. The highest BCUT2D eigenvalue weighted by atomic mass is 16.8. The van der Waals surface area contributed by atoms with Crippen LogP contribution in [0.4, 0.5) is 4.79 Å². The number of carbonyl (C=O) groups is 2. The summed E-state index contributed by atoms with van der Waals surface area (Å²) in [4.78, 5) is 31.4. The van der Waals surface area contributed by atoms with Gasteiger partial charge in [0.15, 0.2) is 12.9 Å². The molecule has 3 aromatic rings. The van der Waals surface area contributed by atoms with E-state index in [1.807, 2.05) is 24.3 Å². The van der Waals surface area contributed by atoms with E-state index in [1.165, 1.54) is 21.3 Å². The van der Waals surface area contributed by atoms with Crippen LogP contribution in [0.15, 0.2) is 60.7 Å². The Kier molecular flexibility index (Phi) is 9.45.